The van der Waals surface area contributed by atoms with Crippen LogP contribution >= 0.6 is 0 Å². The average molecular weight is 349 g/mol. The molecule has 0 bridgehead atoms. The van der Waals surface area contributed by atoms with Gasteiger partial charge in [0.05, 0.1) is 16.1 Å². The molecule has 0 fully saturated rings. The molecule has 6 nitrogen and oxygen atoms in total. The second-order valence-electron chi connectivity index (χ2n) is 5.53. The number of aromatic carboxylic acids is 1. The van der Waals surface area contributed by atoms with Crippen molar-refractivity contribution in [2.75, 3.05) is 0 Å². The number of carbonyl (C=O) groups is 1. The lowest BCUT2D eigenvalue weighted by Crippen LogP contribution is -2.04. The summed E-state index contributed by atoms with van der Waals surface area (Å²) in [6, 6.07) is 20.2. The first kappa shape index (κ1) is 17.2. The monoisotopic (exact) mass is 349 g/mol. The molecule has 0 saturated heterocycles. The van der Waals surface area contributed by atoms with E-state index in [0.29, 0.717) is 11.3 Å². The van der Waals surface area contributed by atoms with Gasteiger partial charge in [-0.2, -0.15) is 0 Å². The zero-order valence-corrected chi connectivity index (χ0v) is 13.7. The first-order valence-electron chi connectivity index (χ1n) is 7.84. The van der Waals surface area contributed by atoms with Crippen molar-refractivity contribution in [3.05, 3.63) is 94.0 Å². The van der Waals surface area contributed by atoms with E-state index in [0.717, 1.165) is 5.56 Å². The molecule has 0 aromatic heterocycles. The Labute approximate surface area is 149 Å². The molecule has 0 saturated carbocycles. The Morgan fingerprint density at radius 1 is 0.962 bits per heavy atom. The number of hydrogen-bond donors (Lipinski definition) is 1. The molecule has 6 heteroatoms. The standard InChI is InChI=1S/C20H15NO5/c22-20(23)16-10-6-11-17(21(24)25)19(16)15-9-4-5-12-18(15)26-13-14-7-2-1-3-8-14/h1-12H,13H2,(H,22,23). The first-order valence-corrected chi connectivity index (χ1v) is 7.84. The maximum Gasteiger partial charge on any atom is 0.336 e. The van der Waals surface area contributed by atoms with Gasteiger partial charge in [0.1, 0.15) is 12.4 Å². The van der Waals surface area contributed by atoms with Gasteiger partial charge in [-0.1, -0.05) is 54.6 Å². The highest BCUT2D eigenvalue weighted by Crippen LogP contribution is 2.39. The largest absolute Gasteiger partial charge is 0.488 e. The quantitative estimate of drug-likeness (QED) is 0.521. The van der Waals surface area contributed by atoms with Gasteiger partial charge in [-0.3, -0.25) is 10.1 Å². The minimum absolute atomic E-state index is 0.0358. The number of para-hydroxylation sites is 1. The van der Waals surface area contributed by atoms with Gasteiger partial charge in [0.25, 0.3) is 5.69 Å². The molecule has 0 spiro atoms. The van der Waals surface area contributed by atoms with E-state index in [1.807, 2.05) is 30.3 Å². The van der Waals surface area contributed by atoms with E-state index in [1.165, 1.54) is 18.2 Å². The van der Waals surface area contributed by atoms with Gasteiger partial charge in [-0.25, -0.2) is 4.79 Å². The smallest absolute Gasteiger partial charge is 0.336 e. The van der Waals surface area contributed by atoms with Crippen LogP contribution in [0, 0.1) is 10.1 Å². The van der Waals surface area contributed by atoms with Crippen LogP contribution in [0.2, 0.25) is 0 Å². The molecule has 3 aromatic carbocycles. The summed E-state index contributed by atoms with van der Waals surface area (Å²) < 4.78 is 5.83. The highest BCUT2D eigenvalue weighted by Gasteiger charge is 2.25. The number of benzene rings is 3. The molecule has 0 heterocycles. The van der Waals surface area contributed by atoms with E-state index in [2.05, 4.69) is 0 Å². The Balaban J connectivity index is 2.08. The van der Waals surface area contributed by atoms with Gasteiger partial charge in [-0.05, 0) is 17.7 Å². The Morgan fingerprint density at radius 2 is 1.65 bits per heavy atom. The number of carboxylic acids is 1. The number of ether oxygens (including phenoxy) is 1. The van der Waals surface area contributed by atoms with E-state index in [9.17, 15) is 20.0 Å². The van der Waals surface area contributed by atoms with Crippen LogP contribution < -0.4 is 4.74 Å². The number of rotatable bonds is 6. The SMILES string of the molecule is O=C(O)c1cccc([N+](=O)[O-])c1-c1ccccc1OCc1ccccc1. The molecule has 26 heavy (non-hydrogen) atoms. The minimum Gasteiger partial charge on any atom is -0.488 e. The van der Waals surface area contributed by atoms with Crippen LogP contribution in [-0.2, 0) is 6.61 Å². The summed E-state index contributed by atoms with van der Waals surface area (Å²) in [5, 5.41) is 20.9. The van der Waals surface area contributed by atoms with Crippen LogP contribution in [0.1, 0.15) is 15.9 Å². The van der Waals surface area contributed by atoms with Crippen LogP contribution in [0.25, 0.3) is 11.1 Å². The van der Waals surface area contributed by atoms with Crippen molar-refractivity contribution in [3.8, 4) is 16.9 Å². The zero-order chi connectivity index (χ0) is 18.5. The highest BCUT2D eigenvalue weighted by molar-refractivity contribution is 6.00. The van der Waals surface area contributed by atoms with Crippen molar-refractivity contribution in [2.45, 2.75) is 6.61 Å². The van der Waals surface area contributed by atoms with Gasteiger partial charge in [0.15, 0.2) is 0 Å². The summed E-state index contributed by atoms with van der Waals surface area (Å²) in [4.78, 5) is 22.4. The molecule has 0 atom stereocenters. The van der Waals surface area contributed by atoms with Crippen molar-refractivity contribution in [3.63, 3.8) is 0 Å². The van der Waals surface area contributed by atoms with Gasteiger partial charge in [0.2, 0.25) is 0 Å². The van der Waals surface area contributed by atoms with Crippen molar-refractivity contribution in [1.29, 1.82) is 0 Å². The number of carboxylic acid groups (broad SMARTS) is 1. The maximum atomic E-state index is 11.6. The van der Waals surface area contributed by atoms with Gasteiger partial charge < -0.3 is 9.84 Å². The number of hydrogen-bond acceptors (Lipinski definition) is 4. The maximum absolute atomic E-state index is 11.6. The van der Waals surface area contributed by atoms with E-state index >= 15 is 0 Å². The summed E-state index contributed by atoms with van der Waals surface area (Å²) in [7, 11) is 0. The van der Waals surface area contributed by atoms with Crippen molar-refractivity contribution in [2.24, 2.45) is 0 Å². The number of nitro benzene ring substituents is 1. The molecule has 130 valence electrons. The minimum atomic E-state index is -1.23. The molecule has 0 radical (unpaired) electrons. The third-order valence-electron chi connectivity index (χ3n) is 3.86. The lowest BCUT2D eigenvalue weighted by molar-refractivity contribution is -0.384. The fraction of sp³-hybridized carbons (Fsp3) is 0.0500. The Hall–Kier alpha value is -3.67. The van der Waals surface area contributed by atoms with E-state index in [4.69, 9.17) is 4.74 Å². The van der Waals surface area contributed by atoms with Crippen molar-refractivity contribution >= 4 is 11.7 Å². The second kappa shape index (κ2) is 7.48. The lowest BCUT2D eigenvalue weighted by Gasteiger charge is -2.13. The molecule has 1 N–H and O–H groups in total. The van der Waals surface area contributed by atoms with Crippen molar-refractivity contribution in [1.82, 2.24) is 0 Å². The number of nitrogens with zero attached hydrogens (tertiary/aromatic N) is 1. The predicted octanol–water partition coefficient (Wildman–Crippen LogP) is 4.54. The summed E-state index contributed by atoms with van der Waals surface area (Å²) in [5.41, 5.74) is 0.917. The van der Waals surface area contributed by atoms with Crippen LogP contribution in [0.3, 0.4) is 0 Å². The molecule has 3 rings (SSSR count). The van der Waals surface area contributed by atoms with Crippen LogP contribution in [0.4, 0.5) is 5.69 Å². The second-order valence-corrected chi connectivity index (χ2v) is 5.53. The Morgan fingerprint density at radius 3 is 2.35 bits per heavy atom. The van der Waals surface area contributed by atoms with Crippen molar-refractivity contribution < 1.29 is 19.6 Å². The fourth-order valence-corrected chi connectivity index (χ4v) is 2.69. The molecule has 0 amide bonds. The van der Waals surface area contributed by atoms with Crippen LogP contribution in [-0.4, -0.2) is 16.0 Å². The lowest BCUT2D eigenvalue weighted by atomic mass is 9.97. The number of nitro groups is 1. The average Bonchev–Trinajstić information content (AvgIpc) is 2.66. The fourth-order valence-electron chi connectivity index (χ4n) is 2.69. The van der Waals surface area contributed by atoms with E-state index in [-0.39, 0.29) is 23.4 Å². The highest BCUT2D eigenvalue weighted by atomic mass is 16.6. The molecule has 0 unspecified atom stereocenters. The van der Waals surface area contributed by atoms with Crippen LogP contribution in [0.15, 0.2) is 72.8 Å². The van der Waals surface area contributed by atoms with E-state index in [1.54, 1.807) is 24.3 Å². The molecular formula is C20H15NO5. The van der Waals surface area contributed by atoms with E-state index < -0.39 is 10.9 Å². The zero-order valence-electron chi connectivity index (χ0n) is 13.7. The molecular weight excluding hydrogens is 334 g/mol. The Bertz CT molecular complexity index is 921. The summed E-state index contributed by atoms with van der Waals surface area (Å²) in [5.74, 6) is -0.852. The third-order valence-corrected chi connectivity index (χ3v) is 3.86. The first-order chi connectivity index (χ1) is 12.6. The van der Waals surface area contributed by atoms with Gasteiger partial charge in [0, 0.05) is 11.6 Å². The molecule has 3 aromatic rings. The van der Waals surface area contributed by atoms with Gasteiger partial charge in [-0.15, -0.1) is 0 Å². The molecule has 0 aliphatic rings. The summed E-state index contributed by atoms with van der Waals surface area (Å²) >= 11 is 0. The third kappa shape index (κ3) is 3.54. The molecule has 0 aliphatic heterocycles. The normalized spacial score (nSPS) is 10.3. The predicted molar refractivity (Wildman–Crippen MR) is 96.3 cm³/mol. The van der Waals surface area contributed by atoms with Gasteiger partial charge >= 0.3 is 5.97 Å². The molecule has 0 aliphatic carbocycles. The Kier molecular flexibility index (Phi) is 4.94. The summed E-state index contributed by atoms with van der Waals surface area (Å²) in [6.45, 7) is 0.265. The topological polar surface area (TPSA) is 89.7 Å². The van der Waals surface area contributed by atoms with Crippen LogP contribution in [0.5, 0.6) is 5.75 Å². The summed E-state index contributed by atoms with van der Waals surface area (Å²) in [6.07, 6.45) is 0.